The fourth-order valence-corrected chi connectivity index (χ4v) is 4.21. The number of nitrogens with zero attached hydrogens (tertiary/aromatic N) is 3. The van der Waals surface area contributed by atoms with Gasteiger partial charge in [-0.3, -0.25) is 9.78 Å². The average Bonchev–Trinajstić information content (AvgIpc) is 3.56. The number of hydrogen-bond acceptors (Lipinski definition) is 6. The topological polar surface area (TPSA) is 100 Å². The van der Waals surface area contributed by atoms with Crippen molar-refractivity contribution in [3.63, 3.8) is 0 Å². The Morgan fingerprint density at radius 1 is 1.03 bits per heavy atom. The standard InChI is InChI=1S/C23H25N5O2/c29-17-9-7-16(8-10-17)26-22-25-14-15-4-3-5-18(20(15)27-22)21(30)28-23(11-12-23)19-6-1-2-13-24-19/h1-6,13-14,16-17,29H,7-12H2,(H,28,30)(H,25,26,27). The number of hydrogen-bond donors (Lipinski definition) is 3. The van der Waals surface area contributed by atoms with Crippen LogP contribution in [0.3, 0.4) is 0 Å². The van der Waals surface area contributed by atoms with Gasteiger partial charge in [0, 0.05) is 23.8 Å². The van der Waals surface area contributed by atoms with E-state index in [0.29, 0.717) is 17.0 Å². The SMILES string of the molecule is O=C(NC1(c2ccccn2)CC1)c1cccc2cnc(NC3CCC(O)CC3)nc12. The van der Waals surface area contributed by atoms with Crippen molar-refractivity contribution >= 4 is 22.8 Å². The quantitative estimate of drug-likeness (QED) is 0.605. The van der Waals surface area contributed by atoms with E-state index < -0.39 is 0 Å². The summed E-state index contributed by atoms with van der Waals surface area (Å²) in [6.07, 6.45) is 8.42. The highest BCUT2D eigenvalue weighted by Crippen LogP contribution is 2.44. The van der Waals surface area contributed by atoms with Crippen molar-refractivity contribution in [3.8, 4) is 0 Å². The summed E-state index contributed by atoms with van der Waals surface area (Å²) in [7, 11) is 0. The molecule has 7 nitrogen and oxygen atoms in total. The normalized spacial score (nSPS) is 22.4. The second-order valence-electron chi connectivity index (χ2n) is 8.34. The Kier molecular flexibility index (Phi) is 4.83. The second-order valence-corrected chi connectivity index (χ2v) is 8.34. The Morgan fingerprint density at radius 3 is 2.60 bits per heavy atom. The van der Waals surface area contributed by atoms with Gasteiger partial charge in [0.05, 0.1) is 28.4 Å². The van der Waals surface area contributed by atoms with E-state index in [9.17, 15) is 9.90 Å². The Bertz CT molecular complexity index is 1060. The number of carbonyl (C=O) groups is 1. The average molecular weight is 403 g/mol. The summed E-state index contributed by atoms with van der Waals surface area (Å²) < 4.78 is 0. The van der Waals surface area contributed by atoms with Gasteiger partial charge >= 0.3 is 0 Å². The molecular weight excluding hydrogens is 378 g/mol. The molecule has 0 unspecified atom stereocenters. The summed E-state index contributed by atoms with van der Waals surface area (Å²) in [6, 6.07) is 11.6. The van der Waals surface area contributed by atoms with Crippen molar-refractivity contribution in [3.05, 3.63) is 60.0 Å². The van der Waals surface area contributed by atoms with Crippen LogP contribution < -0.4 is 10.6 Å². The van der Waals surface area contributed by atoms with Gasteiger partial charge in [0.2, 0.25) is 5.95 Å². The highest BCUT2D eigenvalue weighted by molar-refractivity contribution is 6.06. The van der Waals surface area contributed by atoms with Crippen LogP contribution in [0.25, 0.3) is 10.9 Å². The summed E-state index contributed by atoms with van der Waals surface area (Å²) >= 11 is 0. The smallest absolute Gasteiger partial charge is 0.254 e. The van der Waals surface area contributed by atoms with Crippen LogP contribution in [0.4, 0.5) is 5.95 Å². The molecule has 1 aromatic carbocycles. The van der Waals surface area contributed by atoms with Crippen LogP contribution >= 0.6 is 0 Å². The largest absolute Gasteiger partial charge is 0.393 e. The Hall–Kier alpha value is -3.06. The number of aliphatic hydroxyl groups is 1. The van der Waals surface area contributed by atoms with E-state index in [2.05, 4.69) is 25.6 Å². The van der Waals surface area contributed by atoms with Gasteiger partial charge in [-0.25, -0.2) is 9.97 Å². The minimum absolute atomic E-state index is 0.144. The van der Waals surface area contributed by atoms with E-state index in [1.54, 1.807) is 18.5 Å². The third-order valence-electron chi connectivity index (χ3n) is 6.14. The molecule has 3 N–H and O–H groups in total. The minimum Gasteiger partial charge on any atom is -0.393 e. The monoisotopic (exact) mass is 403 g/mol. The molecule has 0 bridgehead atoms. The van der Waals surface area contributed by atoms with Crippen molar-refractivity contribution in [1.82, 2.24) is 20.3 Å². The number of amides is 1. The maximum absolute atomic E-state index is 13.2. The Balaban J connectivity index is 1.39. The van der Waals surface area contributed by atoms with Crippen molar-refractivity contribution in [2.75, 3.05) is 5.32 Å². The molecule has 0 saturated heterocycles. The first kappa shape index (κ1) is 18.9. The zero-order chi connectivity index (χ0) is 20.6. The first-order valence-corrected chi connectivity index (χ1v) is 10.6. The minimum atomic E-state index is -0.377. The second kappa shape index (κ2) is 7.65. The summed E-state index contributed by atoms with van der Waals surface area (Å²) in [4.78, 5) is 26.7. The number of fused-ring (bicyclic) bond motifs is 1. The third kappa shape index (κ3) is 3.73. The lowest BCUT2D eigenvalue weighted by Crippen LogP contribution is -2.35. The van der Waals surface area contributed by atoms with Crippen LogP contribution in [0.2, 0.25) is 0 Å². The number of rotatable bonds is 5. The number of nitrogens with one attached hydrogen (secondary N) is 2. The van der Waals surface area contributed by atoms with Crippen molar-refractivity contribution in [2.24, 2.45) is 0 Å². The summed E-state index contributed by atoms with van der Waals surface area (Å²) in [6.45, 7) is 0. The van der Waals surface area contributed by atoms with E-state index in [0.717, 1.165) is 49.6 Å². The number of para-hydroxylation sites is 1. The van der Waals surface area contributed by atoms with Crippen molar-refractivity contribution in [2.45, 2.75) is 56.2 Å². The molecule has 0 aliphatic heterocycles. The summed E-state index contributed by atoms with van der Waals surface area (Å²) in [5.74, 6) is 0.379. The zero-order valence-electron chi connectivity index (χ0n) is 16.7. The van der Waals surface area contributed by atoms with Gasteiger partial charge in [-0.05, 0) is 56.7 Å². The number of aliphatic hydroxyl groups excluding tert-OH is 1. The molecule has 5 rings (SSSR count). The van der Waals surface area contributed by atoms with Gasteiger partial charge in [0.25, 0.3) is 5.91 Å². The van der Waals surface area contributed by atoms with Gasteiger partial charge in [0.1, 0.15) is 0 Å². The zero-order valence-corrected chi connectivity index (χ0v) is 16.7. The number of pyridine rings is 1. The van der Waals surface area contributed by atoms with Crippen LogP contribution in [0.1, 0.15) is 54.6 Å². The van der Waals surface area contributed by atoms with Gasteiger partial charge in [0.15, 0.2) is 0 Å². The van der Waals surface area contributed by atoms with Crippen LogP contribution in [-0.4, -0.2) is 38.1 Å². The maximum Gasteiger partial charge on any atom is 0.254 e. The first-order chi connectivity index (χ1) is 14.6. The van der Waals surface area contributed by atoms with Gasteiger partial charge in [-0.15, -0.1) is 0 Å². The highest BCUT2D eigenvalue weighted by Gasteiger charge is 2.47. The molecular formula is C23H25N5O2. The van der Waals surface area contributed by atoms with Crippen LogP contribution in [0.5, 0.6) is 0 Å². The lowest BCUT2D eigenvalue weighted by Gasteiger charge is -2.26. The molecule has 2 heterocycles. The molecule has 3 aromatic rings. The molecule has 2 saturated carbocycles. The number of carbonyl (C=O) groups excluding carboxylic acids is 1. The molecule has 0 radical (unpaired) electrons. The molecule has 2 aliphatic carbocycles. The summed E-state index contributed by atoms with van der Waals surface area (Å²) in [5.41, 5.74) is 1.70. The molecule has 2 fully saturated rings. The molecule has 2 aliphatic rings. The molecule has 154 valence electrons. The lowest BCUT2D eigenvalue weighted by molar-refractivity contribution is 0.0931. The van der Waals surface area contributed by atoms with E-state index in [-0.39, 0.29) is 23.6 Å². The van der Waals surface area contributed by atoms with Gasteiger partial charge in [-0.2, -0.15) is 0 Å². The fraction of sp³-hybridized carbons (Fsp3) is 0.391. The third-order valence-corrected chi connectivity index (χ3v) is 6.14. The van der Waals surface area contributed by atoms with E-state index in [1.165, 1.54) is 0 Å². The Morgan fingerprint density at radius 2 is 1.87 bits per heavy atom. The van der Waals surface area contributed by atoms with E-state index >= 15 is 0 Å². The van der Waals surface area contributed by atoms with Crippen LogP contribution in [0.15, 0.2) is 48.8 Å². The number of anilines is 1. The van der Waals surface area contributed by atoms with Gasteiger partial charge < -0.3 is 15.7 Å². The predicted molar refractivity (Wildman–Crippen MR) is 114 cm³/mol. The molecule has 0 atom stereocenters. The molecule has 2 aromatic heterocycles. The maximum atomic E-state index is 13.2. The highest BCUT2D eigenvalue weighted by atomic mass is 16.3. The lowest BCUT2D eigenvalue weighted by atomic mass is 9.93. The van der Waals surface area contributed by atoms with E-state index in [1.807, 2.05) is 30.3 Å². The number of benzene rings is 1. The van der Waals surface area contributed by atoms with E-state index in [4.69, 9.17) is 0 Å². The first-order valence-electron chi connectivity index (χ1n) is 10.6. The predicted octanol–water partition coefficient (Wildman–Crippen LogP) is 3.16. The van der Waals surface area contributed by atoms with Crippen LogP contribution in [0, 0.1) is 0 Å². The van der Waals surface area contributed by atoms with Crippen molar-refractivity contribution in [1.29, 1.82) is 0 Å². The molecule has 30 heavy (non-hydrogen) atoms. The van der Waals surface area contributed by atoms with Crippen LogP contribution in [-0.2, 0) is 5.54 Å². The molecule has 7 heteroatoms. The number of aromatic nitrogens is 3. The van der Waals surface area contributed by atoms with Crippen molar-refractivity contribution < 1.29 is 9.90 Å². The molecule has 1 amide bonds. The summed E-state index contributed by atoms with van der Waals surface area (Å²) in [5, 5.41) is 17.1. The van der Waals surface area contributed by atoms with Gasteiger partial charge in [-0.1, -0.05) is 18.2 Å². The fourth-order valence-electron chi connectivity index (χ4n) is 4.21. The Labute approximate surface area is 175 Å². The molecule has 0 spiro atoms.